The lowest BCUT2D eigenvalue weighted by Gasteiger charge is -2.10. The summed E-state index contributed by atoms with van der Waals surface area (Å²) < 4.78 is 10.8. The molecule has 1 heterocycles. The molecular weight excluding hydrogens is 376 g/mol. The molecule has 0 amide bonds. The zero-order valence-corrected chi connectivity index (χ0v) is 16.4. The molecular formula is C21H23ClN4O2. The van der Waals surface area contributed by atoms with Crippen LogP contribution in [0, 0.1) is 0 Å². The number of hydrogen-bond acceptors (Lipinski definition) is 6. The summed E-state index contributed by atoms with van der Waals surface area (Å²) in [5.74, 6) is 2.93. The third-order valence-corrected chi connectivity index (χ3v) is 4.21. The van der Waals surface area contributed by atoms with Crippen LogP contribution in [0.1, 0.15) is 5.56 Å². The van der Waals surface area contributed by atoms with Gasteiger partial charge in [-0.1, -0.05) is 23.7 Å². The number of nitrogens with zero attached hydrogens (tertiary/aromatic N) is 2. The minimum absolute atomic E-state index is 0.502. The lowest BCUT2D eigenvalue weighted by atomic mass is 10.1. The normalized spacial score (nSPS) is 10.4. The molecule has 146 valence electrons. The first-order valence-electron chi connectivity index (χ1n) is 9.05. The number of halogens is 1. The Morgan fingerprint density at radius 1 is 0.964 bits per heavy atom. The zero-order chi connectivity index (χ0) is 19.6. The monoisotopic (exact) mass is 398 g/mol. The van der Waals surface area contributed by atoms with Crippen LogP contribution in [0.15, 0.2) is 60.8 Å². The van der Waals surface area contributed by atoms with E-state index >= 15 is 0 Å². The highest BCUT2D eigenvalue weighted by Crippen LogP contribution is 2.17. The molecule has 2 aromatic carbocycles. The number of ether oxygens (including phenoxy) is 2. The lowest BCUT2D eigenvalue weighted by molar-refractivity contribution is 0.331. The summed E-state index contributed by atoms with van der Waals surface area (Å²) in [5, 5.41) is 7.22. The number of benzene rings is 2. The quantitative estimate of drug-likeness (QED) is 0.497. The Labute approximate surface area is 169 Å². The van der Waals surface area contributed by atoms with Crippen LogP contribution in [0.3, 0.4) is 0 Å². The molecule has 0 aliphatic carbocycles. The van der Waals surface area contributed by atoms with E-state index in [1.165, 1.54) is 5.56 Å². The summed E-state index contributed by atoms with van der Waals surface area (Å²) in [6, 6.07) is 17.2. The maximum Gasteiger partial charge on any atom is 0.224 e. The fourth-order valence-corrected chi connectivity index (χ4v) is 2.79. The van der Waals surface area contributed by atoms with Crippen LogP contribution < -0.4 is 20.1 Å². The van der Waals surface area contributed by atoms with Gasteiger partial charge in [0, 0.05) is 17.8 Å². The van der Waals surface area contributed by atoms with Crippen molar-refractivity contribution in [3.05, 3.63) is 71.4 Å². The van der Waals surface area contributed by atoms with Crippen molar-refractivity contribution in [3.63, 3.8) is 0 Å². The second kappa shape index (κ2) is 10.4. The van der Waals surface area contributed by atoms with Crippen LogP contribution in [0.5, 0.6) is 11.5 Å². The van der Waals surface area contributed by atoms with Crippen LogP contribution in [-0.4, -0.2) is 36.8 Å². The maximum absolute atomic E-state index is 6.01. The highest BCUT2D eigenvalue weighted by Gasteiger charge is 2.01. The van der Waals surface area contributed by atoms with Crippen LogP contribution in [0.2, 0.25) is 5.02 Å². The fourth-order valence-electron chi connectivity index (χ4n) is 2.57. The van der Waals surface area contributed by atoms with Crippen molar-refractivity contribution < 1.29 is 9.47 Å². The molecule has 1 aromatic heterocycles. The highest BCUT2D eigenvalue weighted by molar-refractivity contribution is 6.30. The van der Waals surface area contributed by atoms with Crippen molar-refractivity contribution in [2.45, 2.75) is 6.42 Å². The van der Waals surface area contributed by atoms with Gasteiger partial charge in [-0.2, -0.15) is 4.98 Å². The van der Waals surface area contributed by atoms with Crippen LogP contribution in [0.4, 0.5) is 11.8 Å². The zero-order valence-electron chi connectivity index (χ0n) is 15.7. The Hall–Kier alpha value is -2.99. The summed E-state index contributed by atoms with van der Waals surface area (Å²) in [5.41, 5.74) is 1.18. The molecule has 2 N–H and O–H groups in total. The van der Waals surface area contributed by atoms with Crippen LogP contribution in [0.25, 0.3) is 0 Å². The van der Waals surface area contributed by atoms with E-state index in [4.69, 9.17) is 21.1 Å². The standard InChI is InChI=1S/C21H23ClN4O2/c1-27-18-5-7-19(8-6-18)28-14-13-25-21-24-12-10-20(26-21)23-11-9-16-3-2-4-17(22)15-16/h2-8,10,12,15H,9,11,13-14H2,1H3,(H2,23,24,25,26). The summed E-state index contributed by atoms with van der Waals surface area (Å²) >= 11 is 6.01. The van der Waals surface area contributed by atoms with Gasteiger partial charge in [0.1, 0.15) is 23.9 Å². The topological polar surface area (TPSA) is 68.3 Å². The molecule has 0 saturated heterocycles. The van der Waals surface area contributed by atoms with E-state index in [9.17, 15) is 0 Å². The van der Waals surface area contributed by atoms with Crippen molar-refractivity contribution in [2.75, 3.05) is 37.4 Å². The second-order valence-corrected chi connectivity index (χ2v) is 6.46. The molecule has 0 saturated carbocycles. The first kappa shape index (κ1) is 19.8. The Balaban J connectivity index is 1.40. The third-order valence-electron chi connectivity index (χ3n) is 3.98. The molecule has 28 heavy (non-hydrogen) atoms. The fraction of sp³-hybridized carbons (Fsp3) is 0.238. The molecule has 0 radical (unpaired) electrons. The smallest absolute Gasteiger partial charge is 0.224 e. The number of nitrogens with one attached hydrogen (secondary N) is 2. The van der Waals surface area contributed by atoms with Gasteiger partial charge in [0.05, 0.1) is 13.7 Å². The molecule has 6 nitrogen and oxygen atoms in total. The molecule has 0 spiro atoms. The van der Waals surface area contributed by atoms with Crippen LogP contribution in [-0.2, 0) is 6.42 Å². The minimum atomic E-state index is 0.502. The molecule has 0 aliphatic rings. The molecule has 0 fully saturated rings. The number of rotatable bonds is 10. The van der Waals surface area contributed by atoms with Gasteiger partial charge in [0.2, 0.25) is 5.95 Å². The average Bonchev–Trinajstić information content (AvgIpc) is 2.72. The van der Waals surface area contributed by atoms with Gasteiger partial charge in [0.15, 0.2) is 0 Å². The summed E-state index contributed by atoms with van der Waals surface area (Å²) in [4.78, 5) is 8.69. The molecule has 0 bridgehead atoms. The summed E-state index contributed by atoms with van der Waals surface area (Å²) in [6.07, 6.45) is 2.59. The van der Waals surface area contributed by atoms with E-state index in [0.717, 1.165) is 35.3 Å². The van der Waals surface area contributed by atoms with Crippen molar-refractivity contribution in [3.8, 4) is 11.5 Å². The first-order valence-corrected chi connectivity index (χ1v) is 9.43. The SMILES string of the molecule is COc1ccc(OCCNc2nccc(NCCc3cccc(Cl)c3)n2)cc1. The molecule has 0 atom stereocenters. The van der Waals surface area contributed by atoms with Gasteiger partial charge in [-0.15, -0.1) is 0 Å². The Bertz CT molecular complexity index is 874. The number of aromatic nitrogens is 2. The van der Waals surface area contributed by atoms with E-state index in [1.807, 2.05) is 48.5 Å². The van der Waals surface area contributed by atoms with Gasteiger partial charge >= 0.3 is 0 Å². The van der Waals surface area contributed by atoms with Gasteiger partial charge in [-0.05, 0) is 54.4 Å². The van der Waals surface area contributed by atoms with Crippen LogP contribution >= 0.6 is 11.6 Å². The lowest BCUT2D eigenvalue weighted by Crippen LogP contribution is -2.14. The van der Waals surface area contributed by atoms with Crippen molar-refractivity contribution >= 4 is 23.4 Å². The predicted molar refractivity (Wildman–Crippen MR) is 113 cm³/mol. The maximum atomic E-state index is 6.01. The molecule has 0 unspecified atom stereocenters. The largest absolute Gasteiger partial charge is 0.497 e. The van der Waals surface area contributed by atoms with Gasteiger partial charge in [-0.3, -0.25) is 0 Å². The summed E-state index contributed by atoms with van der Waals surface area (Å²) in [6.45, 7) is 1.86. The number of anilines is 2. The molecule has 7 heteroatoms. The third kappa shape index (κ3) is 6.32. The predicted octanol–water partition coefficient (Wildman–Crippen LogP) is 4.28. The number of methoxy groups -OCH3 is 1. The van der Waals surface area contributed by atoms with E-state index in [2.05, 4.69) is 26.7 Å². The van der Waals surface area contributed by atoms with Crippen molar-refractivity contribution in [2.24, 2.45) is 0 Å². The van der Waals surface area contributed by atoms with E-state index in [1.54, 1.807) is 13.3 Å². The Morgan fingerprint density at radius 2 is 1.79 bits per heavy atom. The first-order chi connectivity index (χ1) is 13.7. The Morgan fingerprint density at radius 3 is 2.57 bits per heavy atom. The average molecular weight is 399 g/mol. The molecule has 3 aromatic rings. The second-order valence-electron chi connectivity index (χ2n) is 6.02. The summed E-state index contributed by atoms with van der Waals surface area (Å²) in [7, 11) is 1.64. The number of hydrogen-bond donors (Lipinski definition) is 2. The Kier molecular flexibility index (Phi) is 7.32. The van der Waals surface area contributed by atoms with Gasteiger partial charge in [0.25, 0.3) is 0 Å². The molecule has 0 aliphatic heterocycles. The highest BCUT2D eigenvalue weighted by atomic mass is 35.5. The van der Waals surface area contributed by atoms with E-state index < -0.39 is 0 Å². The minimum Gasteiger partial charge on any atom is -0.497 e. The van der Waals surface area contributed by atoms with Crippen molar-refractivity contribution in [1.82, 2.24) is 9.97 Å². The van der Waals surface area contributed by atoms with E-state index in [-0.39, 0.29) is 0 Å². The molecule has 3 rings (SSSR count). The van der Waals surface area contributed by atoms with Gasteiger partial charge < -0.3 is 20.1 Å². The van der Waals surface area contributed by atoms with Gasteiger partial charge in [-0.25, -0.2) is 4.98 Å². The van der Waals surface area contributed by atoms with E-state index in [0.29, 0.717) is 19.1 Å². The van der Waals surface area contributed by atoms with Crippen molar-refractivity contribution in [1.29, 1.82) is 0 Å².